The summed E-state index contributed by atoms with van der Waals surface area (Å²) in [7, 11) is 0. The number of benzene rings is 1. The average Bonchev–Trinajstić information content (AvgIpc) is 3.16. The molecule has 1 aromatic carbocycles. The van der Waals surface area contributed by atoms with Crippen LogP contribution in [0.25, 0.3) is 6.08 Å². The monoisotopic (exact) mass is 337 g/mol. The van der Waals surface area contributed by atoms with E-state index in [1.54, 1.807) is 6.08 Å². The van der Waals surface area contributed by atoms with Gasteiger partial charge in [0.15, 0.2) is 0 Å². The molecule has 25 heavy (non-hydrogen) atoms. The van der Waals surface area contributed by atoms with E-state index in [9.17, 15) is 10.1 Å². The lowest BCUT2D eigenvalue weighted by Crippen LogP contribution is -2.36. The number of carbonyl (C=O) groups excluding carboxylic acids is 1. The van der Waals surface area contributed by atoms with E-state index >= 15 is 0 Å². The molecular formula is C21H27N3O. The van der Waals surface area contributed by atoms with Crippen molar-refractivity contribution in [3.05, 3.63) is 34.9 Å². The molecule has 1 heterocycles. The van der Waals surface area contributed by atoms with Crippen LogP contribution in [0.2, 0.25) is 0 Å². The minimum atomic E-state index is -0.239. The minimum Gasteiger partial charge on any atom is -0.372 e. The fourth-order valence-electron chi connectivity index (χ4n) is 3.81. The third-order valence-electron chi connectivity index (χ3n) is 5.33. The fraction of sp³-hybridized carbons (Fsp3) is 0.524. The van der Waals surface area contributed by atoms with Gasteiger partial charge in [-0.1, -0.05) is 25.3 Å². The predicted octanol–water partition coefficient (Wildman–Crippen LogP) is 3.95. The lowest BCUT2D eigenvalue weighted by molar-refractivity contribution is -0.117. The Bertz CT molecular complexity index is 690. The molecule has 1 aliphatic carbocycles. The smallest absolute Gasteiger partial charge is 0.262 e. The zero-order chi connectivity index (χ0) is 17.6. The summed E-state index contributed by atoms with van der Waals surface area (Å²) in [5, 5.41) is 12.4. The van der Waals surface area contributed by atoms with Gasteiger partial charge in [0.05, 0.1) is 0 Å². The third-order valence-corrected chi connectivity index (χ3v) is 5.33. The summed E-state index contributed by atoms with van der Waals surface area (Å²) in [5.41, 5.74) is 3.47. The summed E-state index contributed by atoms with van der Waals surface area (Å²) in [5.74, 6) is -0.239. The van der Waals surface area contributed by atoms with Crippen LogP contribution in [0.15, 0.2) is 23.8 Å². The van der Waals surface area contributed by atoms with Gasteiger partial charge in [-0.15, -0.1) is 0 Å². The molecule has 0 bridgehead atoms. The molecule has 4 nitrogen and oxygen atoms in total. The molecule has 1 saturated heterocycles. The molecule has 3 rings (SSSR count). The molecule has 2 aliphatic rings. The molecule has 0 aromatic heterocycles. The molecule has 132 valence electrons. The van der Waals surface area contributed by atoms with Gasteiger partial charge in [-0.3, -0.25) is 4.79 Å². The van der Waals surface area contributed by atoms with Gasteiger partial charge in [-0.2, -0.15) is 5.26 Å². The number of amides is 1. The zero-order valence-corrected chi connectivity index (χ0v) is 15.1. The van der Waals surface area contributed by atoms with Gasteiger partial charge in [-0.05, 0) is 61.9 Å². The van der Waals surface area contributed by atoms with Gasteiger partial charge >= 0.3 is 0 Å². The molecule has 1 aromatic rings. The molecule has 0 atom stereocenters. The van der Waals surface area contributed by atoms with E-state index in [0.29, 0.717) is 0 Å². The van der Waals surface area contributed by atoms with Crippen molar-refractivity contribution < 1.29 is 4.79 Å². The summed E-state index contributed by atoms with van der Waals surface area (Å²) in [6.07, 6.45) is 9.83. The zero-order valence-electron chi connectivity index (χ0n) is 15.1. The number of hydrogen-bond acceptors (Lipinski definition) is 3. The largest absolute Gasteiger partial charge is 0.372 e. The van der Waals surface area contributed by atoms with Crippen LogP contribution in [-0.4, -0.2) is 25.0 Å². The van der Waals surface area contributed by atoms with Crippen molar-refractivity contribution in [2.24, 2.45) is 0 Å². The Morgan fingerprint density at radius 2 is 1.92 bits per heavy atom. The number of nitrogens with one attached hydrogen (secondary N) is 1. The SMILES string of the molecule is Cc1cc(N2CCCC2)ccc1/C=C(\C#N)C(=O)NC1CCCCC1. The summed E-state index contributed by atoms with van der Waals surface area (Å²) < 4.78 is 0. The van der Waals surface area contributed by atoms with Crippen LogP contribution in [0.5, 0.6) is 0 Å². The van der Waals surface area contributed by atoms with Crippen molar-refractivity contribution in [1.82, 2.24) is 5.32 Å². The molecule has 1 aliphatic heterocycles. The normalized spacial score (nSPS) is 18.9. The summed E-state index contributed by atoms with van der Waals surface area (Å²) in [4.78, 5) is 14.8. The van der Waals surface area contributed by atoms with Gasteiger partial charge in [-0.25, -0.2) is 0 Å². The van der Waals surface area contributed by atoms with Crippen LogP contribution >= 0.6 is 0 Å². The molecule has 1 N–H and O–H groups in total. The standard InChI is InChI=1S/C21H27N3O/c1-16-13-20(24-11-5-6-12-24)10-9-17(16)14-18(15-22)21(25)23-19-7-3-2-4-8-19/h9-10,13-14,19H,2-8,11-12H2,1H3,(H,23,25)/b18-14+. The van der Waals surface area contributed by atoms with Gasteiger partial charge in [0, 0.05) is 24.8 Å². The maximum atomic E-state index is 12.4. The number of nitriles is 1. The van der Waals surface area contributed by atoms with E-state index in [4.69, 9.17) is 0 Å². The average molecular weight is 337 g/mol. The minimum absolute atomic E-state index is 0.197. The molecule has 1 saturated carbocycles. The lowest BCUT2D eigenvalue weighted by Gasteiger charge is -2.22. The first-order valence-electron chi connectivity index (χ1n) is 9.45. The number of carbonyl (C=O) groups is 1. The molecule has 2 fully saturated rings. The number of anilines is 1. The first kappa shape index (κ1) is 17.5. The molecule has 0 unspecified atom stereocenters. The van der Waals surface area contributed by atoms with E-state index in [-0.39, 0.29) is 17.5 Å². The molecular weight excluding hydrogens is 310 g/mol. The summed E-state index contributed by atoms with van der Waals surface area (Å²) >= 11 is 0. The Kier molecular flexibility index (Phi) is 5.75. The maximum Gasteiger partial charge on any atom is 0.262 e. The van der Waals surface area contributed by atoms with E-state index < -0.39 is 0 Å². The number of rotatable bonds is 4. The Morgan fingerprint density at radius 1 is 1.20 bits per heavy atom. The molecule has 4 heteroatoms. The van der Waals surface area contributed by atoms with Gasteiger partial charge < -0.3 is 10.2 Å². The molecule has 0 radical (unpaired) electrons. The van der Waals surface area contributed by atoms with Crippen molar-refractivity contribution in [1.29, 1.82) is 5.26 Å². The second kappa shape index (κ2) is 8.20. The van der Waals surface area contributed by atoms with Gasteiger partial charge in [0.1, 0.15) is 11.6 Å². The Hall–Kier alpha value is -2.28. The van der Waals surface area contributed by atoms with E-state index in [0.717, 1.165) is 49.9 Å². The van der Waals surface area contributed by atoms with Crippen LogP contribution < -0.4 is 10.2 Å². The van der Waals surface area contributed by atoms with Crippen molar-refractivity contribution in [2.45, 2.75) is 57.9 Å². The summed E-state index contributed by atoms with van der Waals surface area (Å²) in [6.45, 7) is 4.27. The van der Waals surface area contributed by atoms with Crippen LogP contribution in [0, 0.1) is 18.3 Å². The third kappa shape index (κ3) is 4.42. The van der Waals surface area contributed by atoms with Crippen molar-refractivity contribution >= 4 is 17.7 Å². The number of aryl methyl sites for hydroxylation is 1. The van der Waals surface area contributed by atoms with Crippen molar-refractivity contribution in [2.75, 3.05) is 18.0 Å². The van der Waals surface area contributed by atoms with Crippen molar-refractivity contribution in [3.63, 3.8) is 0 Å². The van der Waals surface area contributed by atoms with Crippen molar-refractivity contribution in [3.8, 4) is 6.07 Å². The molecule has 0 spiro atoms. The predicted molar refractivity (Wildman–Crippen MR) is 101 cm³/mol. The van der Waals surface area contributed by atoms with Crippen LogP contribution in [0.1, 0.15) is 56.1 Å². The Labute approximate surface area is 150 Å². The first-order valence-corrected chi connectivity index (χ1v) is 9.45. The Balaban J connectivity index is 1.72. The topological polar surface area (TPSA) is 56.1 Å². The highest BCUT2D eigenvalue weighted by Crippen LogP contribution is 2.24. The van der Waals surface area contributed by atoms with Gasteiger partial charge in [0.2, 0.25) is 0 Å². The van der Waals surface area contributed by atoms with E-state index in [1.807, 2.05) is 13.0 Å². The highest BCUT2D eigenvalue weighted by molar-refractivity contribution is 6.02. The molecule has 1 amide bonds. The summed E-state index contributed by atoms with van der Waals surface area (Å²) in [6, 6.07) is 8.57. The number of nitrogens with zero attached hydrogens (tertiary/aromatic N) is 2. The second-order valence-corrected chi connectivity index (χ2v) is 7.21. The van der Waals surface area contributed by atoms with Crippen LogP contribution in [-0.2, 0) is 4.79 Å². The van der Waals surface area contributed by atoms with Gasteiger partial charge in [0.25, 0.3) is 5.91 Å². The first-order chi connectivity index (χ1) is 12.2. The second-order valence-electron chi connectivity index (χ2n) is 7.21. The number of hydrogen-bond donors (Lipinski definition) is 1. The van der Waals surface area contributed by atoms with Crippen LogP contribution in [0.4, 0.5) is 5.69 Å². The van der Waals surface area contributed by atoms with E-state index in [1.165, 1.54) is 24.9 Å². The highest BCUT2D eigenvalue weighted by atomic mass is 16.1. The highest BCUT2D eigenvalue weighted by Gasteiger charge is 2.18. The van der Waals surface area contributed by atoms with Crippen LogP contribution in [0.3, 0.4) is 0 Å². The maximum absolute atomic E-state index is 12.4. The van der Waals surface area contributed by atoms with E-state index in [2.05, 4.69) is 28.4 Å². The quantitative estimate of drug-likeness (QED) is 0.668. The fourth-order valence-corrected chi connectivity index (χ4v) is 3.81. The lowest BCUT2D eigenvalue weighted by atomic mass is 9.95. The Morgan fingerprint density at radius 3 is 2.56 bits per heavy atom.